The molecule has 1 aromatic heterocycles. The molecule has 8 heteroatoms. The Morgan fingerprint density at radius 1 is 1.12 bits per heavy atom. The second-order valence-corrected chi connectivity index (χ2v) is 11.7. The highest BCUT2D eigenvalue weighted by Gasteiger charge is 2.57. The first-order valence-electron chi connectivity index (χ1n) is 12.2. The Morgan fingerprint density at radius 2 is 1.82 bits per heavy atom. The van der Waals surface area contributed by atoms with Gasteiger partial charge in [0.25, 0.3) is 5.91 Å². The summed E-state index contributed by atoms with van der Waals surface area (Å²) < 4.78 is 41.6. The van der Waals surface area contributed by atoms with Crippen molar-refractivity contribution >= 4 is 5.91 Å². The molecule has 3 unspecified atom stereocenters. The molecule has 2 heterocycles. The van der Waals surface area contributed by atoms with Crippen LogP contribution in [0.4, 0.5) is 13.2 Å². The van der Waals surface area contributed by atoms with Gasteiger partial charge in [-0.3, -0.25) is 4.79 Å². The van der Waals surface area contributed by atoms with E-state index >= 15 is 0 Å². The van der Waals surface area contributed by atoms with Crippen LogP contribution in [0.15, 0.2) is 30.5 Å². The predicted octanol–water partition coefficient (Wildman–Crippen LogP) is 4.95. The van der Waals surface area contributed by atoms with Crippen LogP contribution in [-0.2, 0) is 11.6 Å². The van der Waals surface area contributed by atoms with Gasteiger partial charge in [-0.2, -0.15) is 18.3 Å². The molecule has 5 nitrogen and oxygen atoms in total. The molecular weight excluding hydrogens is 443 g/mol. The van der Waals surface area contributed by atoms with E-state index in [2.05, 4.69) is 5.10 Å². The number of halogens is 3. The zero-order valence-corrected chi connectivity index (χ0v) is 19.5. The molecule has 182 valence electrons. The van der Waals surface area contributed by atoms with E-state index < -0.39 is 22.8 Å². The molecule has 2 aromatic rings. The second-order valence-electron chi connectivity index (χ2n) is 11.7. The molecule has 4 saturated carbocycles. The van der Waals surface area contributed by atoms with Crippen LogP contribution in [0.1, 0.15) is 74.0 Å². The van der Waals surface area contributed by atoms with Crippen molar-refractivity contribution in [1.29, 1.82) is 0 Å². The third-order valence-corrected chi connectivity index (χ3v) is 8.85. The van der Waals surface area contributed by atoms with Crippen molar-refractivity contribution in [3.63, 3.8) is 0 Å². The molecule has 0 saturated heterocycles. The number of nitrogens with zero attached hydrogens (tertiary/aromatic N) is 3. The van der Waals surface area contributed by atoms with E-state index in [4.69, 9.17) is 0 Å². The van der Waals surface area contributed by atoms with Crippen molar-refractivity contribution in [1.82, 2.24) is 14.7 Å². The summed E-state index contributed by atoms with van der Waals surface area (Å²) in [5.41, 5.74) is -0.299. The lowest BCUT2D eigenvalue weighted by Gasteiger charge is -2.60. The molecule has 0 radical (unpaired) electrons. The summed E-state index contributed by atoms with van der Waals surface area (Å²) in [6, 6.07) is 5.23. The third-order valence-electron chi connectivity index (χ3n) is 8.85. The fraction of sp³-hybridized carbons (Fsp3) is 0.615. The lowest BCUT2D eigenvalue weighted by molar-refractivity contribution is -0.154. The highest BCUT2D eigenvalue weighted by atomic mass is 19.4. The molecule has 4 aliphatic carbocycles. The van der Waals surface area contributed by atoms with E-state index in [0.717, 1.165) is 44.2 Å². The number of carbonyl (C=O) groups is 1. The number of fused-ring (bicyclic) bond motifs is 1. The normalized spacial score (nSPS) is 34.3. The standard InChI is InChI=1S/C26H30F3N3O2/c1-24(2)6-7-31(21-16-8-15-9-17(21)13-25(34,11-15)12-16)23(33)20-14-30-32(22(20)24)19-5-3-4-18(10-19)26(27,28)29/h3-5,10,14-17,21,34H,6-9,11-13H2,1-2H3/t15?,16-,17+,21?,25?. The highest BCUT2D eigenvalue weighted by Crippen LogP contribution is 2.57. The van der Waals surface area contributed by atoms with Crippen LogP contribution in [0, 0.1) is 17.8 Å². The fourth-order valence-corrected chi connectivity index (χ4v) is 7.69. The van der Waals surface area contributed by atoms with Crippen molar-refractivity contribution in [2.75, 3.05) is 6.54 Å². The number of aliphatic hydroxyl groups is 1. The SMILES string of the molecule is CC1(C)CCN(C2[C@@H]3CC4C[C@H]2CC(O)(C4)C3)C(=O)c2cnn(-c3cccc(C(F)(F)F)c3)c21. The molecule has 1 amide bonds. The number of benzene rings is 1. The van der Waals surface area contributed by atoms with Crippen molar-refractivity contribution in [3.8, 4) is 5.69 Å². The Kier molecular flexibility index (Phi) is 4.62. The maximum Gasteiger partial charge on any atom is 0.416 e. The Balaban J connectivity index is 1.39. The number of carbonyl (C=O) groups excluding carboxylic acids is 1. The minimum Gasteiger partial charge on any atom is -0.390 e. The lowest BCUT2D eigenvalue weighted by Crippen LogP contribution is -2.62. The molecule has 4 fully saturated rings. The minimum atomic E-state index is -4.45. The molecule has 4 bridgehead atoms. The van der Waals surface area contributed by atoms with Gasteiger partial charge in [-0.15, -0.1) is 0 Å². The fourth-order valence-electron chi connectivity index (χ4n) is 7.69. The molecule has 7 rings (SSSR count). The Morgan fingerprint density at radius 3 is 2.47 bits per heavy atom. The monoisotopic (exact) mass is 473 g/mol. The van der Waals surface area contributed by atoms with Gasteiger partial charge in [-0.05, 0) is 74.5 Å². The van der Waals surface area contributed by atoms with Crippen LogP contribution in [0.3, 0.4) is 0 Å². The van der Waals surface area contributed by atoms with E-state index in [1.54, 1.807) is 6.07 Å². The highest BCUT2D eigenvalue weighted by molar-refractivity contribution is 5.96. The summed E-state index contributed by atoms with van der Waals surface area (Å²) in [4.78, 5) is 15.9. The first-order chi connectivity index (χ1) is 16.0. The third kappa shape index (κ3) is 3.32. The summed E-state index contributed by atoms with van der Waals surface area (Å²) in [7, 11) is 0. The van der Waals surface area contributed by atoms with Crippen molar-refractivity contribution < 1.29 is 23.1 Å². The number of alkyl halides is 3. The smallest absolute Gasteiger partial charge is 0.390 e. The summed E-state index contributed by atoms with van der Waals surface area (Å²) in [6.07, 6.45) is 2.30. The van der Waals surface area contributed by atoms with Gasteiger partial charge in [-0.25, -0.2) is 4.68 Å². The van der Waals surface area contributed by atoms with Gasteiger partial charge in [0.1, 0.15) is 0 Å². The van der Waals surface area contributed by atoms with E-state index in [9.17, 15) is 23.1 Å². The van der Waals surface area contributed by atoms with E-state index in [1.165, 1.54) is 16.9 Å². The Bertz CT molecular complexity index is 1140. The molecule has 1 aromatic carbocycles. The van der Waals surface area contributed by atoms with Gasteiger partial charge >= 0.3 is 6.18 Å². The zero-order chi connectivity index (χ0) is 24.0. The number of aromatic nitrogens is 2. The van der Waals surface area contributed by atoms with Crippen LogP contribution in [0.5, 0.6) is 0 Å². The number of hydrogen-bond donors (Lipinski definition) is 1. The van der Waals surface area contributed by atoms with Crippen LogP contribution in [0.25, 0.3) is 5.69 Å². The molecule has 1 aliphatic heterocycles. The quantitative estimate of drug-likeness (QED) is 0.671. The van der Waals surface area contributed by atoms with Gasteiger partial charge in [0.15, 0.2) is 0 Å². The number of hydrogen-bond acceptors (Lipinski definition) is 3. The minimum absolute atomic E-state index is 0.0803. The summed E-state index contributed by atoms with van der Waals surface area (Å²) in [5.74, 6) is 1.09. The Labute approximate surface area is 196 Å². The zero-order valence-electron chi connectivity index (χ0n) is 19.5. The summed E-state index contributed by atoms with van der Waals surface area (Å²) in [5, 5.41) is 15.4. The van der Waals surface area contributed by atoms with E-state index in [-0.39, 0.29) is 11.9 Å². The average molecular weight is 474 g/mol. The van der Waals surface area contributed by atoms with E-state index in [1.807, 2.05) is 18.7 Å². The lowest BCUT2D eigenvalue weighted by atomic mass is 9.52. The van der Waals surface area contributed by atoms with Gasteiger partial charge in [0.2, 0.25) is 0 Å². The summed E-state index contributed by atoms with van der Waals surface area (Å²) >= 11 is 0. The second kappa shape index (κ2) is 7.09. The number of amides is 1. The van der Waals surface area contributed by atoms with Crippen molar-refractivity contribution in [2.45, 2.75) is 75.6 Å². The van der Waals surface area contributed by atoms with Gasteiger partial charge in [0, 0.05) is 18.0 Å². The topological polar surface area (TPSA) is 58.4 Å². The average Bonchev–Trinajstić information content (AvgIpc) is 3.16. The molecule has 34 heavy (non-hydrogen) atoms. The van der Waals surface area contributed by atoms with Crippen LogP contribution >= 0.6 is 0 Å². The molecule has 1 N–H and O–H groups in total. The van der Waals surface area contributed by atoms with Crippen LogP contribution in [-0.4, -0.2) is 43.9 Å². The van der Waals surface area contributed by atoms with Crippen LogP contribution < -0.4 is 0 Å². The largest absolute Gasteiger partial charge is 0.416 e. The van der Waals surface area contributed by atoms with Gasteiger partial charge < -0.3 is 10.0 Å². The maximum atomic E-state index is 13.9. The maximum absolute atomic E-state index is 13.9. The predicted molar refractivity (Wildman–Crippen MR) is 120 cm³/mol. The van der Waals surface area contributed by atoms with Crippen molar-refractivity contribution in [3.05, 3.63) is 47.3 Å². The van der Waals surface area contributed by atoms with E-state index in [0.29, 0.717) is 47.7 Å². The number of rotatable bonds is 2. The molecule has 0 spiro atoms. The van der Waals surface area contributed by atoms with Crippen LogP contribution in [0.2, 0.25) is 0 Å². The molecule has 5 atom stereocenters. The summed E-state index contributed by atoms with van der Waals surface area (Å²) in [6.45, 7) is 4.67. The van der Waals surface area contributed by atoms with Crippen molar-refractivity contribution in [2.24, 2.45) is 17.8 Å². The first kappa shape index (κ1) is 22.1. The first-order valence-corrected chi connectivity index (χ1v) is 12.2. The Hall–Kier alpha value is -2.35. The van der Waals surface area contributed by atoms with Gasteiger partial charge in [0.05, 0.1) is 34.3 Å². The molecular formula is C26H30F3N3O2. The van der Waals surface area contributed by atoms with Gasteiger partial charge in [-0.1, -0.05) is 19.9 Å². The molecule has 5 aliphatic rings.